The van der Waals surface area contributed by atoms with Crippen molar-refractivity contribution < 1.29 is 14.8 Å². The van der Waals surface area contributed by atoms with Gasteiger partial charge < -0.3 is 9.84 Å². The lowest BCUT2D eigenvalue weighted by Crippen LogP contribution is -2.34. The Hall–Kier alpha value is -1.50. The van der Waals surface area contributed by atoms with Crippen LogP contribution in [0.1, 0.15) is 25.5 Å². The molecular weight excluding hydrogens is 260 g/mol. The summed E-state index contributed by atoms with van der Waals surface area (Å²) in [5, 5.41) is 20.6. The summed E-state index contributed by atoms with van der Waals surface area (Å²) >= 11 is 0. The van der Waals surface area contributed by atoms with E-state index in [1.807, 2.05) is 31.9 Å². The van der Waals surface area contributed by atoms with Gasteiger partial charge in [-0.1, -0.05) is 12.1 Å². The fourth-order valence-corrected chi connectivity index (χ4v) is 1.95. The molecule has 1 N–H and O–H groups in total. The Morgan fingerprint density at radius 2 is 2.20 bits per heavy atom. The van der Waals surface area contributed by atoms with Crippen LogP contribution in [0.15, 0.2) is 24.3 Å². The minimum Gasteiger partial charge on any atom is -0.389 e. The van der Waals surface area contributed by atoms with Crippen LogP contribution in [0.3, 0.4) is 0 Å². The molecule has 0 aliphatic rings. The smallest absolute Gasteiger partial charge is 0.269 e. The SMILES string of the molecule is CCOC[C@H](O)CN(C)[C@@H](C)c1cccc([N+](=O)[O-])c1. The lowest BCUT2D eigenvalue weighted by Gasteiger charge is -2.27. The summed E-state index contributed by atoms with van der Waals surface area (Å²) in [6, 6.07) is 6.54. The first-order valence-electron chi connectivity index (χ1n) is 6.66. The van der Waals surface area contributed by atoms with Crippen molar-refractivity contribution in [3.63, 3.8) is 0 Å². The maximum absolute atomic E-state index is 10.8. The molecule has 0 fully saturated rings. The molecule has 0 amide bonds. The van der Waals surface area contributed by atoms with Crippen LogP contribution >= 0.6 is 0 Å². The number of ether oxygens (including phenoxy) is 1. The van der Waals surface area contributed by atoms with Gasteiger partial charge in [0, 0.05) is 31.3 Å². The molecule has 0 spiro atoms. The molecule has 0 bridgehead atoms. The molecule has 0 saturated carbocycles. The Morgan fingerprint density at radius 1 is 1.50 bits per heavy atom. The molecule has 1 rings (SSSR count). The summed E-state index contributed by atoms with van der Waals surface area (Å²) in [6.07, 6.45) is -0.568. The van der Waals surface area contributed by atoms with Crippen molar-refractivity contribution >= 4 is 5.69 Å². The number of non-ortho nitro benzene ring substituents is 1. The normalized spacial score (nSPS) is 14.2. The summed E-state index contributed by atoms with van der Waals surface area (Å²) in [4.78, 5) is 12.3. The Morgan fingerprint density at radius 3 is 2.80 bits per heavy atom. The van der Waals surface area contributed by atoms with Gasteiger partial charge in [0.2, 0.25) is 0 Å². The number of rotatable bonds is 8. The molecule has 20 heavy (non-hydrogen) atoms. The summed E-state index contributed by atoms with van der Waals surface area (Å²) in [6.45, 7) is 5.14. The van der Waals surface area contributed by atoms with E-state index in [0.29, 0.717) is 19.8 Å². The third-order valence-electron chi connectivity index (χ3n) is 3.24. The van der Waals surface area contributed by atoms with Gasteiger partial charge in [0.15, 0.2) is 0 Å². The average Bonchev–Trinajstić information content (AvgIpc) is 2.44. The summed E-state index contributed by atoms with van der Waals surface area (Å²) in [5.74, 6) is 0. The Labute approximate surface area is 119 Å². The van der Waals surface area contributed by atoms with Crippen LogP contribution in [0.5, 0.6) is 0 Å². The molecule has 0 heterocycles. The standard InChI is InChI=1S/C14H22N2O4/c1-4-20-10-14(17)9-15(3)11(2)12-6-5-7-13(8-12)16(18)19/h5-8,11,14,17H,4,9-10H2,1-3H3/t11-,14+/m0/s1. The second kappa shape index (κ2) is 7.94. The van der Waals surface area contributed by atoms with Crippen molar-refractivity contribution in [2.75, 3.05) is 26.8 Å². The molecule has 2 atom stereocenters. The molecule has 0 aromatic heterocycles. The first-order chi connectivity index (χ1) is 9.45. The van der Waals surface area contributed by atoms with Crippen molar-refractivity contribution in [1.29, 1.82) is 0 Å². The number of nitro groups is 1. The van der Waals surface area contributed by atoms with Gasteiger partial charge in [0.1, 0.15) is 0 Å². The predicted octanol–water partition coefficient (Wildman–Crippen LogP) is 1.99. The van der Waals surface area contributed by atoms with Crippen molar-refractivity contribution in [2.24, 2.45) is 0 Å². The highest BCUT2D eigenvalue weighted by atomic mass is 16.6. The fourth-order valence-electron chi connectivity index (χ4n) is 1.95. The van der Waals surface area contributed by atoms with E-state index in [0.717, 1.165) is 5.56 Å². The first-order valence-corrected chi connectivity index (χ1v) is 6.66. The maximum Gasteiger partial charge on any atom is 0.269 e. The van der Waals surface area contributed by atoms with E-state index in [2.05, 4.69) is 0 Å². The topological polar surface area (TPSA) is 75.8 Å². The number of hydrogen-bond donors (Lipinski definition) is 1. The number of likely N-dealkylation sites (N-methyl/N-ethyl adjacent to an activating group) is 1. The highest BCUT2D eigenvalue weighted by molar-refractivity contribution is 5.35. The number of hydrogen-bond acceptors (Lipinski definition) is 5. The number of aliphatic hydroxyl groups excluding tert-OH is 1. The van der Waals surface area contributed by atoms with Crippen molar-refractivity contribution in [1.82, 2.24) is 4.90 Å². The first kappa shape index (κ1) is 16.6. The third kappa shape index (κ3) is 4.88. The fraction of sp³-hybridized carbons (Fsp3) is 0.571. The van der Waals surface area contributed by atoms with Crippen molar-refractivity contribution in [3.8, 4) is 0 Å². The largest absolute Gasteiger partial charge is 0.389 e. The van der Waals surface area contributed by atoms with Gasteiger partial charge in [0.05, 0.1) is 17.6 Å². The van der Waals surface area contributed by atoms with Crippen LogP contribution in [0, 0.1) is 10.1 Å². The lowest BCUT2D eigenvalue weighted by molar-refractivity contribution is -0.384. The van der Waals surface area contributed by atoms with E-state index >= 15 is 0 Å². The highest BCUT2D eigenvalue weighted by Gasteiger charge is 2.17. The molecule has 0 unspecified atom stereocenters. The molecule has 6 heteroatoms. The van der Waals surface area contributed by atoms with Gasteiger partial charge in [0.25, 0.3) is 5.69 Å². The van der Waals surface area contributed by atoms with Gasteiger partial charge in [-0.25, -0.2) is 0 Å². The van der Waals surface area contributed by atoms with E-state index in [-0.39, 0.29) is 11.7 Å². The van der Waals surface area contributed by atoms with Crippen molar-refractivity contribution in [3.05, 3.63) is 39.9 Å². The number of aliphatic hydroxyl groups is 1. The number of nitro benzene ring substituents is 1. The Kier molecular flexibility index (Phi) is 6.57. The molecule has 1 aromatic rings. The zero-order valence-electron chi connectivity index (χ0n) is 12.2. The molecule has 6 nitrogen and oxygen atoms in total. The van der Waals surface area contributed by atoms with Gasteiger partial charge in [-0.3, -0.25) is 15.0 Å². The second-order valence-corrected chi connectivity index (χ2v) is 4.78. The summed E-state index contributed by atoms with van der Waals surface area (Å²) in [5.41, 5.74) is 0.933. The van der Waals surface area contributed by atoms with Crippen molar-refractivity contribution in [2.45, 2.75) is 26.0 Å². The van der Waals surface area contributed by atoms with Crippen LogP contribution in [0.2, 0.25) is 0 Å². The molecule has 0 aliphatic carbocycles. The van der Waals surface area contributed by atoms with Crippen LogP contribution in [-0.4, -0.2) is 47.8 Å². The van der Waals surface area contributed by atoms with E-state index in [1.165, 1.54) is 6.07 Å². The minimum absolute atomic E-state index is 0.0221. The van der Waals surface area contributed by atoms with Crippen LogP contribution in [0.25, 0.3) is 0 Å². The number of benzene rings is 1. The van der Waals surface area contributed by atoms with Crippen LogP contribution in [0.4, 0.5) is 5.69 Å². The third-order valence-corrected chi connectivity index (χ3v) is 3.24. The van der Waals surface area contributed by atoms with Gasteiger partial charge in [-0.2, -0.15) is 0 Å². The predicted molar refractivity (Wildman–Crippen MR) is 76.6 cm³/mol. The van der Waals surface area contributed by atoms with Gasteiger partial charge in [-0.15, -0.1) is 0 Å². The average molecular weight is 282 g/mol. The second-order valence-electron chi connectivity index (χ2n) is 4.78. The molecular formula is C14H22N2O4. The number of nitrogens with zero attached hydrogens (tertiary/aromatic N) is 2. The maximum atomic E-state index is 10.8. The molecule has 1 aromatic carbocycles. The quantitative estimate of drug-likeness (QED) is 0.583. The van der Waals surface area contributed by atoms with Gasteiger partial charge in [-0.05, 0) is 26.5 Å². The molecule has 112 valence electrons. The monoisotopic (exact) mass is 282 g/mol. The van der Waals surface area contributed by atoms with Gasteiger partial charge >= 0.3 is 0 Å². The molecule has 0 saturated heterocycles. The Balaban J connectivity index is 2.66. The zero-order chi connectivity index (χ0) is 15.1. The zero-order valence-corrected chi connectivity index (χ0v) is 12.2. The highest BCUT2D eigenvalue weighted by Crippen LogP contribution is 2.22. The summed E-state index contributed by atoms with van der Waals surface area (Å²) in [7, 11) is 1.87. The summed E-state index contributed by atoms with van der Waals surface area (Å²) < 4.78 is 5.17. The van der Waals surface area contributed by atoms with E-state index in [4.69, 9.17) is 4.74 Å². The molecule has 0 aliphatic heterocycles. The van der Waals surface area contributed by atoms with Crippen LogP contribution < -0.4 is 0 Å². The molecule has 0 radical (unpaired) electrons. The van der Waals surface area contributed by atoms with E-state index in [1.54, 1.807) is 12.1 Å². The Bertz CT molecular complexity index is 439. The lowest BCUT2D eigenvalue weighted by atomic mass is 10.1. The van der Waals surface area contributed by atoms with Crippen LogP contribution in [-0.2, 0) is 4.74 Å². The van der Waals surface area contributed by atoms with E-state index in [9.17, 15) is 15.2 Å². The van der Waals surface area contributed by atoms with E-state index < -0.39 is 11.0 Å². The minimum atomic E-state index is -0.568.